The highest BCUT2D eigenvalue weighted by atomic mass is 16.6. The van der Waals surface area contributed by atoms with Crippen molar-refractivity contribution in [1.29, 1.82) is 0 Å². The molecule has 0 radical (unpaired) electrons. The topological polar surface area (TPSA) is 87.3 Å². The van der Waals surface area contributed by atoms with Gasteiger partial charge < -0.3 is 4.74 Å². The molecule has 0 N–H and O–H groups in total. The van der Waals surface area contributed by atoms with Crippen LogP contribution in [0.1, 0.15) is 5.56 Å². The van der Waals surface area contributed by atoms with Crippen LogP contribution in [0.25, 0.3) is 10.9 Å². The lowest BCUT2D eigenvalue weighted by Gasteiger charge is -2.09. The molecule has 0 amide bonds. The second-order valence-electron chi connectivity index (χ2n) is 5.29. The quantitative estimate of drug-likeness (QED) is 0.531. The molecule has 3 aromatic rings. The number of nitrogens with zero attached hydrogens (tertiary/aromatic N) is 3. The van der Waals surface area contributed by atoms with Gasteiger partial charge in [-0.25, -0.2) is 4.98 Å². The zero-order valence-electron chi connectivity index (χ0n) is 13.0. The van der Waals surface area contributed by atoms with Crippen LogP contribution in [0, 0.1) is 17.0 Å². The Hall–Kier alpha value is -3.22. The fourth-order valence-electron chi connectivity index (χ4n) is 2.48. The number of hydrogen-bond donors (Lipinski definition) is 0. The van der Waals surface area contributed by atoms with Crippen LogP contribution in [-0.4, -0.2) is 21.1 Å². The Labute approximate surface area is 137 Å². The molecule has 122 valence electrons. The van der Waals surface area contributed by atoms with Crippen LogP contribution in [0.15, 0.2) is 53.6 Å². The molecule has 7 nitrogen and oxygen atoms in total. The van der Waals surface area contributed by atoms with Crippen LogP contribution in [0.2, 0.25) is 0 Å². The minimum absolute atomic E-state index is 0.0999. The smallest absolute Gasteiger partial charge is 0.310 e. The van der Waals surface area contributed by atoms with Crippen molar-refractivity contribution in [3.63, 3.8) is 0 Å². The van der Waals surface area contributed by atoms with Crippen molar-refractivity contribution in [2.24, 2.45) is 0 Å². The number of benzene rings is 2. The van der Waals surface area contributed by atoms with E-state index in [2.05, 4.69) is 4.98 Å². The number of aryl methyl sites for hydroxylation is 1. The fourth-order valence-corrected chi connectivity index (χ4v) is 2.48. The summed E-state index contributed by atoms with van der Waals surface area (Å²) >= 11 is 0. The summed E-state index contributed by atoms with van der Waals surface area (Å²) < 4.78 is 6.91. The Kier molecular flexibility index (Phi) is 4.24. The third-order valence-corrected chi connectivity index (χ3v) is 3.71. The summed E-state index contributed by atoms with van der Waals surface area (Å²) in [7, 11) is 0. The highest BCUT2D eigenvalue weighted by Crippen LogP contribution is 2.25. The van der Waals surface area contributed by atoms with Crippen LogP contribution >= 0.6 is 0 Å². The van der Waals surface area contributed by atoms with Gasteiger partial charge in [0.15, 0.2) is 5.75 Å². The van der Waals surface area contributed by atoms with Gasteiger partial charge in [0, 0.05) is 6.07 Å². The Morgan fingerprint density at radius 1 is 1.21 bits per heavy atom. The fraction of sp³-hybridized carbons (Fsp3) is 0.176. The zero-order chi connectivity index (χ0) is 17.1. The Bertz CT molecular complexity index is 965. The zero-order valence-corrected chi connectivity index (χ0v) is 13.0. The number of ether oxygens (including phenoxy) is 1. The third kappa shape index (κ3) is 2.96. The first-order valence-electron chi connectivity index (χ1n) is 7.39. The largest absolute Gasteiger partial charge is 0.485 e. The number of nitro benzene ring substituents is 1. The van der Waals surface area contributed by atoms with Crippen molar-refractivity contribution in [2.45, 2.75) is 13.5 Å². The maximum Gasteiger partial charge on any atom is 0.310 e. The van der Waals surface area contributed by atoms with Crippen molar-refractivity contribution in [3.05, 3.63) is 74.8 Å². The first kappa shape index (κ1) is 15.7. The predicted molar refractivity (Wildman–Crippen MR) is 89.3 cm³/mol. The van der Waals surface area contributed by atoms with Gasteiger partial charge in [0.05, 0.1) is 28.7 Å². The van der Waals surface area contributed by atoms with Crippen molar-refractivity contribution in [1.82, 2.24) is 9.55 Å². The molecule has 0 saturated carbocycles. The lowest BCUT2D eigenvalue weighted by Crippen LogP contribution is -2.23. The van der Waals surface area contributed by atoms with E-state index in [9.17, 15) is 14.9 Å². The van der Waals surface area contributed by atoms with Crippen LogP contribution in [-0.2, 0) is 6.54 Å². The summed E-state index contributed by atoms with van der Waals surface area (Å²) in [5, 5.41) is 11.5. The summed E-state index contributed by atoms with van der Waals surface area (Å²) in [5.74, 6) is 0.181. The van der Waals surface area contributed by atoms with E-state index in [1.54, 1.807) is 18.2 Å². The van der Waals surface area contributed by atoms with E-state index in [1.165, 1.54) is 23.0 Å². The average Bonchev–Trinajstić information content (AvgIpc) is 2.58. The summed E-state index contributed by atoms with van der Waals surface area (Å²) in [6, 6.07) is 11.6. The van der Waals surface area contributed by atoms with Gasteiger partial charge in [-0.15, -0.1) is 0 Å². The number of fused-ring (bicyclic) bond motifs is 1. The predicted octanol–water partition coefficient (Wildman–Crippen LogP) is 2.69. The Morgan fingerprint density at radius 3 is 2.79 bits per heavy atom. The maximum absolute atomic E-state index is 12.5. The van der Waals surface area contributed by atoms with Crippen LogP contribution in [0.5, 0.6) is 5.75 Å². The van der Waals surface area contributed by atoms with Gasteiger partial charge in [0.25, 0.3) is 5.56 Å². The highest BCUT2D eigenvalue weighted by molar-refractivity contribution is 5.80. The van der Waals surface area contributed by atoms with Gasteiger partial charge in [-0.1, -0.05) is 24.3 Å². The molecule has 0 saturated heterocycles. The number of nitro groups is 1. The molecule has 3 rings (SSSR count). The summed E-state index contributed by atoms with van der Waals surface area (Å²) in [5.41, 5.74) is 1.36. The maximum atomic E-state index is 12.5. The SMILES string of the molecule is Cc1cccc2c(=O)n(CCOc3ccccc3[N+](=O)[O-])cnc12. The summed E-state index contributed by atoms with van der Waals surface area (Å²) in [6.45, 7) is 2.28. The van der Waals surface area contributed by atoms with Gasteiger partial charge in [0.2, 0.25) is 0 Å². The van der Waals surface area contributed by atoms with Gasteiger partial charge in [-0.05, 0) is 24.6 Å². The van der Waals surface area contributed by atoms with E-state index in [1.807, 2.05) is 19.1 Å². The lowest BCUT2D eigenvalue weighted by atomic mass is 10.1. The van der Waals surface area contributed by atoms with E-state index in [0.717, 1.165) is 5.56 Å². The van der Waals surface area contributed by atoms with Crippen molar-refractivity contribution < 1.29 is 9.66 Å². The molecule has 0 unspecified atom stereocenters. The second-order valence-corrected chi connectivity index (χ2v) is 5.29. The Morgan fingerprint density at radius 2 is 2.00 bits per heavy atom. The van der Waals surface area contributed by atoms with Crippen molar-refractivity contribution in [2.75, 3.05) is 6.61 Å². The van der Waals surface area contributed by atoms with E-state index in [-0.39, 0.29) is 30.1 Å². The minimum Gasteiger partial charge on any atom is -0.485 e. The molecule has 2 aromatic carbocycles. The summed E-state index contributed by atoms with van der Waals surface area (Å²) in [4.78, 5) is 27.2. The molecule has 0 fully saturated rings. The molecule has 0 aliphatic rings. The number of aromatic nitrogens is 2. The van der Waals surface area contributed by atoms with E-state index in [4.69, 9.17) is 4.74 Å². The average molecular weight is 325 g/mol. The first-order chi connectivity index (χ1) is 11.6. The first-order valence-corrected chi connectivity index (χ1v) is 7.39. The minimum atomic E-state index is -0.498. The standard InChI is InChI=1S/C17H15N3O4/c1-12-5-4-6-13-16(12)18-11-19(17(13)21)9-10-24-15-8-3-2-7-14(15)20(22)23/h2-8,11H,9-10H2,1H3. The molecule has 1 aromatic heterocycles. The molecule has 7 heteroatoms. The molecule has 0 aliphatic carbocycles. The monoisotopic (exact) mass is 325 g/mol. The van der Waals surface area contributed by atoms with Gasteiger partial charge in [0.1, 0.15) is 6.61 Å². The van der Waals surface area contributed by atoms with Crippen molar-refractivity contribution in [3.8, 4) is 5.75 Å². The van der Waals surface area contributed by atoms with E-state index >= 15 is 0 Å². The lowest BCUT2D eigenvalue weighted by molar-refractivity contribution is -0.385. The number of hydrogen-bond acceptors (Lipinski definition) is 5. The molecule has 0 bridgehead atoms. The highest BCUT2D eigenvalue weighted by Gasteiger charge is 2.13. The second kappa shape index (κ2) is 6.49. The molecular weight excluding hydrogens is 310 g/mol. The van der Waals surface area contributed by atoms with Gasteiger partial charge >= 0.3 is 5.69 Å². The summed E-state index contributed by atoms with van der Waals surface area (Å²) in [6.07, 6.45) is 1.47. The number of para-hydroxylation sites is 3. The van der Waals surface area contributed by atoms with Crippen LogP contribution in [0.4, 0.5) is 5.69 Å². The molecule has 24 heavy (non-hydrogen) atoms. The van der Waals surface area contributed by atoms with Crippen molar-refractivity contribution >= 4 is 16.6 Å². The molecular formula is C17H15N3O4. The molecule has 0 aliphatic heterocycles. The number of rotatable bonds is 5. The van der Waals surface area contributed by atoms with Gasteiger partial charge in [-0.3, -0.25) is 19.5 Å². The van der Waals surface area contributed by atoms with Crippen LogP contribution in [0.3, 0.4) is 0 Å². The molecule has 0 atom stereocenters. The molecule has 1 heterocycles. The molecule has 0 spiro atoms. The van der Waals surface area contributed by atoms with E-state index in [0.29, 0.717) is 10.9 Å². The Balaban J connectivity index is 1.79. The third-order valence-electron chi connectivity index (χ3n) is 3.71. The van der Waals surface area contributed by atoms with Crippen LogP contribution < -0.4 is 10.3 Å². The van der Waals surface area contributed by atoms with Gasteiger partial charge in [-0.2, -0.15) is 0 Å². The van der Waals surface area contributed by atoms with E-state index < -0.39 is 4.92 Å². The normalized spacial score (nSPS) is 10.7.